The van der Waals surface area contributed by atoms with E-state index in [2.05, 4.69) is 20.7 Å². The Labute approximate surface area is 100 Å². The molecule has 1 rings (SSSR count). The average molecular weight is 293 g/mol. The number of hydrogen-bond donors (Lipinski definition) is 1. The van der Waals surface area contributed by atoms with Gasteiger partial charge in [0.1, 0.15) is 0 Å². The number of benzene rings is 1. The van der Waals surface area contributed by atoms with E-state index < -0.39 is 17.9 Å². The van der Waals surface area contributed by atoms with Crippen LogP contribution in [-0.4, -0.2) is 30.9 Å². The molecule has 88 valence electrons. The topological polar surface area (TPSA) is 55.8 Å². The maximum Gasteiger partial charge on any atom is 0.347 e. The van der Waals surface area contributed by atoms with Crippen molar-refractivity contribution >= 4 is 21.9 Å². The highest BCUT2D eigenvalue weighted by Crippen LogP contribution is 2.23. The van der Waals surface area contributed by atoms with E-state index in [-0.39, 0.29) is 12.4 Å². The molecule has 0 spiro atoms. The van der Waals surface area contributed by atoms with Crippen molar-refractivity contribution in [1.29, 1.82) is 0 Å². The summed E-state index contributed by atoms with van der Waals surface area (Å²) in [4.78, 5) is 10.8. The van der Waals surface area contributed by atoms with E-state index >= 15 is 0 Å². The van der Waals surface area contributed by atoms with Crippen molar-refractivity contribution in [3.63, 3.8) is 0 Å². The van der Waals surface area contributed by atoms with E-state index in [1.165, 1.54) is 25.3 Å². The van der Waals surface area contributed by atoms with Gasteiger partial charge in [0.05, 0.1) is 6.61 Å². The highest BCUT2D eigenvalue weighted by molar-refractivity contribution is 9.10. The molecule has 0 fully saturated rings. The first-order valence-electron chi connectivity index (χ1n) is 4.38. The van der Waals surface area contributed by atoms with Crippen molar-refractivity contribution < 1.29 is 23.8 Å². The second kappa shape index (κ2) is 5.81. The molecular weight excluding hydrogens is 283 g/mol. The van der Waals surface area contributed by atoms with Crippen molar-refractivity contribution in [2.24, 2.45) is 0 Å². The number of ether oxygens (including phenoxy) is 2. The molecule has 6 heteroatoms. The number of halogens is 2. The Kier molecular flexibility index (Phi) is 4.70. The summed E-state index contributed by atoms with van der Waals surface area (Å²) in [5, 5.41) is 8.79. The van der Waals surface area contributed by atoms with E-state index in [1.807, 2.05) is 0 Å². The van der Waals surface area contributed by atoms with Gasteiger partial charge >= 0.3 is 5.97 Å². The maximum absolute atomic E-state index is 13.3. The molecule has 1 unspecified atom stereocenters. The van der Waals surface area contributed by atoms with Crippen LogP contribution in [0.15, 0.2) is 22.7 Å². The molecule has 0 bridgehead atoms. The molecule has 1 aromatic rings. The Morgan fingerprint density at radius 3 is 2.88 bits per heavy atom. The number of hydrogen-bond acceptors (Lipinski definition) is 3. The Morgan fingerprint density at radius 1 is 1.62 bits per heavy atom. The van der Waals surface area contributed by atoms with Gasteiger partial charge in [-0.2, -0.15) is 0 Å². The fourth-order valence-corrected chi connectivity index (χ4v) is 1.37. The van der Waals surface area contributed by atoms with Crippen LogP contribution in [0, 0.1) is 5.82 Å². The third kappa shape index (κ3) is 3.46. The lowest BCUT2D eigenvalue weighted by Gasteiger charge is -2.14. The van der Waals surface area contributed by atoms with Crippen molar-refractivity contribution in [2.45, 2.75) is 6.10 Å². The van der Waals surface area contributed by atoms with Crippen LogP contribution in [0.4, 0.5) is 4.39 Å². The number of aliphatic carboxylic acids is 1. The monoisotopic (exact) mass is 292 g/mol. The summed E-state index contributed by atoms with van der Waals surface area (Å²) >= 11 is 3.14. The Morgan fingerprint density at radius 2 is 2.31 bits per heavy atom. The van der Waals surface area contributed by atoms with E-state index in [9.17, 15) is 9.18 Å². The minimum Gasteiger partial charge on any atom is -0.478 e. The average Bonchev–Trinajstić information content (AvgIpc) is 2.22. The van der Waals surface area contributed by atoms with Crippen LogP contribution in [0.25, 0.3) is 0 Å². The first-order valence-corrected chi connectivity index (χ1v) is 5.17. The highest BCUT2D eigenvalue weighted by atomic mass is 79.9. The van der Waals surface area contributed by atoms with Crippen molar-refractivity contribution in [2.75, 3.05) is 13.7 Å². The summed E-state index contributed by atoms with van der Waals surface area (Å²) in [5.41, 5.74) is 0. The Bertz CT molecular complexity index is 383. The zero-order chi connectivity index (χ0) is 12.1. The summed E-state index contributed by atoms with van der Waals surface area (Å²) in [5.74, 6) is -1.95. The van der Waals surface area contributed by atoms with Gasteiger partial charge in [-0.05, 0) is 18.2 Å². The summed E-state index contributed by atoms with van der Waals surface area (Å²) < 4.78 is 23.5. The van der Waals surface area contributed by atoms with Crippen LogP contribution in [0.1, 0.15) is 0 Å². The summed E-state index contributed by atoms with van der Waals surface area (Å²) in [6.07, 6.45) is -1.23. The molecule has 16 heavy (non-hydrogen) atoms. The summed E-state index contributed by atoms with van der Waals surface area (Å²) in [7, 11) is 1.34. The first kappa shape index (κ1) is 12.9. The van der Waals surface area contributed by atoms with E-state index in [1.54, 1.807) is 0 Å². The predicted molar refractivity (Wildman–Crippen MR) is 58.0 cm³/mol. The molecule has 1 N–H and O–H groups in total. The van der Waals surface area contributed by atoms with Gasteiger partial charge in [-0.25, -0.2) is 9.18 Å². The standard InChI is InChI=1S/C10H10BrFO4/c1-15-5-9(10(13)14)16-8-4-6(11)2-3-7(8)12/h2-4,9H,5H2,1H3,(H,13,14). The first-order chi connectivity index (χ1) is 7.54. The largest absolute Gasteiger partial charge is 0.478 e. The minimum atomic E-state index is -1.23. The van der Waals surface area contributed by atoms with Crippen LogP contribution in [-0.2, 0) is 9.53 Å². The lowest BCUT2D eigenvalue weighted by Crippen LogP contribution is -2.31. The van der Waals surface area contributed by atoms with Gasteiger partial charge in [-0.3, -0.25) is 0 Å². The SMILES string of the molecule is COCC(Oc1cc(Br)ccc1F)C(=O)O. The molecule has 0 radical (unpaired) electrons. The molecule has 4 nitrogen and oxygen atoms in total. The normalized spacial score (nSPS) is 12.2. The number of carboxylic acids is 1. The molecular formula is C10H10BrFO4. The van der Waals surface area contributed by atoms with Crippen molar-refractivity contribution in [1.82, 2.24) is 0 Å². The number of methoxy groups -OCH3 is 1. The molecule has 1 aromatic carbocycles. The molecule has 0 saturated carbocycles. The van der Waals surface area contributed by atoms with Crippen LogP contribution in [0.2, 0.25) is 0 Å². The Hall–Kier alpha value is -1.14. The van der Waals surface area contributed by atoms with Gasteiger partial charge in [0.15, 0.2) is 11.6 Å². The molecule has 0 aliphatic heterocycles. The number of carboxylic acid groups (broad SMARTS) is 1. The lowest BCUT2D eigenvalue weighted by atomic mass is 10.3. The quantitative estimate of drug-likeness (QED) is 0.903. The van der Waals surface area contributed by atoms with Crippen LogP contribution in [0.3, 0.4) is 0 Å². The molecule has 0 aliphatic rings. The molecule has 0 amide bonds. The van der Waals surface area contributed by atoms with E-state index in [0.717, 1.165) is 0 Å². The zero-order valence-corrected chi connectivity index (χ0v) is 10.0. The molecule has 0 saturated heterocycles. The van der Waals surface area contributed by atoms with Gasteiger partial charge in [0.2, 0.25) is 6.10 Å². The Balaban J connectivity index is 2.84. The molecule has 1 atom stereocenters. The van der Waals surface area contributed by atoms with Gasteiger partial charge in [0.25, 0.3) is 0 Å². The zero-order valence-electron chi connectivity index (χ0n) is 8.44. The van der Waals surface area contributed by atoms with Crippen LogP contribution >= 0.6 is 15.9 Å². The van der Waals surface area contributed by atoms with Crippen molar-refractivity contribution in [3.8, 4) is 5.75 Å². The summed E-state index contributed by atoms with van der Waals surface area (Å²) in [6, 6.07) is 4.04. The molecule has 0 aromatic heterocycles. The fourth-order valence-electron chi connectivity index (χ4n) is 1.03. The van der Waals surface area contributed by atoms with Crippen LogP contribution in [0.5, 0.6) is 5.75 Å². The van der Waals surface area contributed by atoms with Gasteiger partial charge in [-0.1, -0.05) is 15.9 Å². The third-order valence-corrected chi connectivity index (χ3v) is 2.25. The van der Waals surface area contributed by atoms with Crippen LogP contribution < -0.4 is 4.74 Å². The molecule has 0 heterocycles. The van der Waals surface area contributed by atoms with E-state index in [4.69, 9.17) is 9.84 Å². The maximum atomic E-state index is 13.3. The van der Waals surface area contributed by atoms with Gasteiger partial charge < -0.3 is 14.6 Å². The minimum absolute atomic E-state index is 0.126. The number of rotatable bonds is 5. The van der Waals surface area contributed by atoms with Crippen molar-refractivity contribution in [3.05, 3.63) is 28.5 Å². The highest BCUT2D eigenvalue weighted by Gasteiger charge is 2.20. The fraction of sp³-hybridized carbons (Fsp3) is 0.300. The van der Waals surface area contributed by atoms with Gasteiger partial charge in [0, 0.05) is 11.6 Å². The molecule has 0 aliphatic carbocycles. The third-order valence-electron chi connectivity index (χ3n) is 1.76. The summed E-state index contributed by atoms with van der Waals surface area (Å²) in [6.45, 7) is -0.152. The predicted octanol–water partition coefficient (Wildman–Crippen LogP) is 2.07. The second-order valence-corrected chi connectivity index (χ2v) is 3.89. The van der Waals surface area contributed by atoms with Gasteiger partial charge in [-0.15, -0.1) is 0 Å². The smallest absolute Gasteiger partial charge is 0.347 e. The van der Waals surface area contributed by atoms with E-state index in [0.29, 0.717) is 4.47 Å². The number of carbonyl (C=O) groups is 1. The lowest BCUT2D eigenvalue weighted by molar-refractivity contribution is -0.147. The second-order valence-electron chi connectivity index (χ2n) is 2.97.